The summed E-state index contributed by atoms with van der Waals surface area (Å²) in [5.74, 6) is 1.56. The minimum absolute atomic E-state index is 0.463. The Balaban J connectivity index is 1.82. The number of carbonyl (C=O) groups is 1. The van der Waals surface area contributed by atoms with Gasteiger partial charge in [-0.25, -0.2) is 0 Å². The van der Waals surface area contributed by atoms with Crippen LogP contribution in [0.1, 0.15) is 57.0 Å². The summed E-state index contributed by atoms with van der Waals surface area (Å²) in [6, 6.07) is 7.80. The first kappa shape index (κ1) is 17.7. The Labute approximate surface area is 151 Å². The third-order valence-corrected chi connectivity index (χ3v) is 6.28. The van der Waals surface area contributed by atoms with Gasteiger partial charge in [0, 0.05) is 17.4 Å². The van der Waals surface area contributed by atoms with Crippen molar-refractivity contribution >= 4 is 12.4 Å². The van der Waals surface area contributed by atoms with Crippen molar-refractivity contribution in [2.24, 2.45) is 17.8 Å². The SMILES string of the molecule is CC1=C(C)C(C)C2=C(C=CC(/C(C)=C/c3ccc(C=O)cc3)C2)C1C. The highest BCUT2D eigenvalue weighted by molar-refractivity contribution is 5.75. The molecule has 3 atom stereocenters. The molecule has 0 aromatic heterocycles. The van der Waals surface area contributed by atoms with Crippen LogP contribution < -0.4 is 0 Å². The number of aldehydes is 1. The van der Waals surface area contributed by atoms with Crippen LogP contribution in [0.3, 0.4) is 0 Å². The second kappa shape index (κ2) is 7.00. The second-order valence-corrected chi connectivity index (χ2v) is 7.63. The van der Waals surface area contributed by atoms with Crippen molar-refractivity contribution in [3.05, 3.63) is 75.4 Å². The molecular weight excluding hydrogens is 304 g/mol. The minimum atomic E-state index is 0.463. The number of allylic oxidation sites excluding steroid dienone is 7. The zero-order valence-electron chi connectivity index (χ0n) is 16.0. The van der Waals surface area contributed by atoms with Gasteiger partial charge >= 0.3 is 0 Å². The molecule has 1 aromatic carbocycles. The van der Waals surface area contributed by atoms with E-state index in [2.05, 4.69) is 52.8 Å². The average molecular weight is 332 g/mol. The molecule has 3 unspecified atom stereocenters. The van der Waals surface area contributed by atoms with Crippen molar-refractivity contribution < 1.29 is 4.79 Å². The molecule has 1 aromatic rings. The van der Waals surface area contributed by atoms with E-state index in [0.717, 1.165) is 23.8 Å². The van der Waals surface area contributed by atoms with Crippen LogP contribution in [0.2, 0.25) is 0 Å². The van der Waals surface area contributed by atoms with E-state index in [4.69, 9.17) is 0 Å². The molecular formula is C24H28O. The van der Waals surface area contributed by atoms with Crippen molar-refractivity contribution in [1.82, 2.24) is 0 Å². The van der Waals surface area contributed by atoms with Crippen molar-refractivity contribution in [3.63, 3.8) is 0 Å². The van der Waals surface area contributed by atoms with Gasteiger partial charge in [-0.2, -0.15) is 0 Å². The largest absolute Gasteiger partial charge is 0.298 e. The first-order valence-corrected chi connectivity index (χ1v) is 9.24. The quantitative estimate of drug-likeness (QED) is 0.462. The molecule has 0 spiro atoms. The van der Waals surface area contributed by atoms with E-state index in [1.54, 1.807) is 11.1 Å². The summed E-state index contributed by atoms with van der Waals surface area (Å²) in [6.07, 6.45) is 9.01. The third-order valence-electron chi connectivity index (χ3n) is 6.28. The fourth-order valence-corrected chi connectivity index (χ4v) is 4.13. The minimum Gasteiger partial charge on any atom is -0.298 e. The molecule has 25 heavy (non-hydrogen) atoms. The van der Waals surface area contributed by atoms with E-state index in [1.807, 2.05) is 24.3 Å². The van der Waals surface area contributed by atoms with Gasteiger partial charge in [0.2, 0.25) is 0 Å². The molecule has 0 heterocycles. The van der Waals surface area contributed by atoms with Crippen molar-refractivity contribution in [1.29, 1.82) is 0 Å². The summed E-state index contributed by atoms with van der Waals surface area (Å²) in [7, 11) is 0. The highest BCUT2D eigenvalue weighted by Crippen LogP contribution is 2.44. The van der Waals surface area contributed by atoms with Gasteiger partial charge < -0.3 is 0 Å². The summed E-state index contributed by atoms with van der Waals surface area (Å²) >= 11 is 0. The summed E-state index contributed by atoms with van der Waals surface area (Å²) < 4.78 is 0. The molecule has 3 rings (SSSR count). The number of hydrogen-bond acceptors (Lipinski definition) is 1. The molecule has 2 aliphatic carbocycles. The topological polar surface area (TPSA) is 17.1 Å². The van der Waals surface area contributed by atoms with Crippen molar-refractivity contribution in [2.45, 2.75) is 41.0 Å². The van der Waals surface area contributed by atoms with E-state index >= 15 is 0 Å². The molecule has 1 heteroatoms. The molecule has 0 fully saturated rings. The smallest absolute Gasteiger partial charge is 0.150 e. The lowest BCUT2D eigenvalue weighted by Crippen LogP contribution is -2.22. The van der Waals surface area contributed by atoms with Crippen LogP contribution in [-0.2, 0) is 0 Å². The first-order valence-electron chi connectivity index (χ1n) is 9.24. The molecule has 1 nitrogen and oxygen atoms in total. The summed E-state index contributed by atoms with van der Waals surface area (Å²) in [4.78, 5) is 10.8. The van der Waals surface area contributed by atoms with Gasteiger partial charge in [0.25, 0.3) is 0 Å². The third kappa shape index (κ3) is 3.33. The Kier molecular flexibility index (Phi) is 4.94. The van der Waals surface area contributed by atoms with Crippen LogP contribution in [0, 0.1) is 17.8 Å². The van der Waals surface area contributed by atoms with Gasteiger partial charge in [0.1, 0.15) is 6.29 Å². The second-order valence-electron chi connectivity index (χ2n) is 7.63. The summed E-state index contributed by atoms with van der Waals surface area (Å²) in [6.45, 7) is 11.5. The van der Waals surface area contributed by atoms with E-state index in [-0.39, 0.29) is 0 Å². The van der Waals surface area contributed by atoms with E-state index in [1.165, 1.54) is 16.7 Å². The monoisotopic (exact) mass is 332 g/mol. The van der Waals surface area contributed by atoms with Gasteiger partial charge in [0.15, 0.2) is 0 Å². The molecule has 0 saturated heterocycles. The number of benzene rings is 1. The molecule has 0 amide bonds. The van der Waals surface area contributed by atoms with Gasteiger partial charge in [-0.05, 0) is 44.2 Å². The zero-order chi connectivity index (χ0) is 18.1. The summed E-state index contributed by atoms with van der Waals surface area (Å²) in [5.41, 5.74) is 9.51. The van der Waals surface area contributed by atoms with E-state index in [9.17, 15) is 4.79 Å². The zero-order valence-corrected chi connectivity index (χ0v) is 16.0. The lowest BCUT2D eigenvalue weighted by molar-refractivity contribution is 0.112. The number of carbonyl (C=O) groups excluding carboxylic acids is 1. The molecule has 0 radical (unpaired) electrons. The van der Waals surface area contributed by atoms with Gasteiger partial charge in [-0.1, -0.05) is 78.6 Å². The average Bonchev–Trinajstić information content (AvgIpc) is 2.64. The maximum Gasteiger partial charge on any atom is 0.150 e. The Bertz CT molecular complexity index is 799. The maximum atomic E-state index is 10.8. The fraction of sp³-hybridized carbons (Fsp3) is 0.375. The standard InChI is InChI=1S/C24H28O/c1-15(12-20-6-8-21(14-25)9-7-20)22-10-11-23-18(4)16(2)17(3)19(5)24(23)13-22/h6-12,14,18-19,22H,13H2,1-5H3/b15-12+. The van der Waals surface area contributed by atoms with Crippen molar-refractivity contribution in [2.75, 3.05) is 0 Å². The number of rotatable bonds is 3. The predicted molar refractivity (Wildman–Crippen MR) is 106 cm³/mol. The molecule has 130 valence electrons. The predicted octanol–water partition coefficient (Wildman–Crippen LogP) is 6.40. The Morgan fingerprint density at radius 3 is 2.24 bits per heavy atom. The van der Waals surface area contributed by atoms with Crippen LogP contribution >= 0.6 is 0 Å². The maximum absolute atomic E-state index is 10.8. The van der Waals surface area contributed by atoms with Gasteiger partial charge in [-0.3, -0.25) is 4.79 Å². The van der Waals surface area contributed by atoms with Crippen LogP contribution in [0.4, 0.5) is 0 Å². The first-order chi connectivity index (χ1) is 11.9. The van der Waals surface area contributed by atoms with E-state index < -0.39 is 0 Å². The van der Waals surface area contributed by atoms with Crippen LogP contribution in [-0.4, -0.2) is 6.29 Å². The normalized spacial score (nSPS) is 26.8. The van der Waals surface area contributed by atoms with Crippen molar-refractivity contribution in [3.8, 4) is 0 Å². The Hall–Kier alpha value is -2.15. The summed E-state index contributed by atoms with van der Waals surface area (Å²) in [5, 5.41) is 0. The number of hydrogen-bond donors (Lipinski definition) is 0. The lowest BCUT2D eigenvalue weighted by Gasteiger charge is -2.36. The Morgan fingerprint density at radius 1 is 1.00 bits per heavy atom. The molecule has 0 aliphatic heterocycles. The molecule has 0 N–H and O–H groups in total. The molecule has 0 bridgehead atoms. The van der Waals surface area contributed by atoms with Crippen LogP contribution in [0.25, 0.3) is 6.08 Å². The molecule has 0 saturated carbocycles. The fourth-order valence-electron chi connectivity index (χ4n) is 4.13. The van der Waals surface area contributed by atoms with Gasteiger partial charge in [-0.15, -0.1) is 0 Å². The van der Waals surface area contributed by atoms with Gasteiger partial charge in [0.05, 0.1) is 0 Å². The lowest BCUT2D eigenvalue weighted by atomic mass is 9.69. The highest BCUT2D eigenvalue weighted by Gasteiger charge is 2.30. The highest BCUT2D eigenvalue weighted by atomic mass is 16.1. The van der Waals surface area contributed by atoms with E-state index in [0.29, 0.717) is 17.8 Å². The van der Waals surface area contributed by atoms with Crippen LogP contribution in [0.15, 0.2) is 64.3 Å². The Morgan fingerprint density at radius 2 is 1.60 bits per heavy atom. The van der Waals surface area contributed by atoms with Crippen LogP contribution in [0.5, 0.6) is 0 Å². The molecule has 2 aliphatic rings.